The van der Waals surface area contributed by atoms with Crippen LogP contribution in [0.15, 0.2) is 51.4 Å². The minimum atomic E-state index is -0.989. The molecule has 3 rings (SSSR count). The van der Waals surface area contributed by atoms with Crippen LogP contribution < -0.4 is 15.4 Å². The van der Waals surface area contributed by atoms with E-state index in [1.54, 1.807) is 30.3 Å². The molecule has 1 aromatic heterocycles. The number of carboxylic acids is 1. The van der Waals surface area contributed by atoms with Gasteiger partial charge in [0.2, 0.25) is 0 Å². The van der Waals surface area contributed by atoms with Gasteiger partial charge in [0.05, 0.1) is 32.9 Å². The summed E-state index contributed by atoms with van der Waals surface area (Å²) in [6.07, 6.45) is 0.514. The summed E-state index contributed by atoms with van der Waals surface area (Å²) in [5.74, 6) is -1.30. The third-order valence-electron chi connectivity index (χ3n) is 4.90. The number of aromatic carboxylic acids is 1. The van der Waals surface area contributed by atoms with E-state index in [1.807, 2.05) is 6.92 Å². The van der Waals surface area contributed by atoms with Crippen molar-refractivity contribution in [1.29, 1.82) is 0 Å². The van der Waals surface area contributed by atoms with Gasteiger partial charge in [-0.1, -0.05) is 12.1 Å². The van der Waals surface area contributed by atoms with Crippen LogP contribution in [-0.2, 0) is 6.42 Å². The van der Waals surface area contributed by atoms with Crippen LogP contribution in [0.1, 0.15) is 42.5 Å². The summed E-state index contributed by atoms with van der Waals surface area (Å²) in [4.78, 5) is 39.7. The predicted molar refractivity (Wildman–Crippen MR) is 131 cm³/mol. The molecule has 0 saturated carbocycles. The molecule has 0 radical (unpaired) electrons. The molecule has 0 bridgehead atoms. The van der Waals surface area contributed by atoms with Crippen molar-refractivity contribution in [3.05, 3.63) is 79.5 Å². The number of benzene rings is 2. The number of methoxy groups -OCH3 is 1. The van der Waals surface area contributed by atoms with Gasteiger partial charge < -0.3 is 25.5 Å². The monoisotopic (exact) mass is 577 g/mol. The first-order valence-electron chi connectivity index (χ1n) is 9.84. The number of carbonyl (C=O) groups is 3. The van der Waals surface area contributed by atoms with Gasteiger partial charge in [-0.2, -0.15) is 0 Å². The van der Waals surface area contributed by atoms with E-state index in [4.69, 9.17) is 9.84 Å². The van der Waals surface area contributed by atoms with E-state index in [9.17, 15) is 14.4 Å². The molecular formula is C23H21Br2N3O5. The molecule has 0 saturated heterocycles. The van der Waals surface area contributed by atoms with Crippen molar-refractivity contribution in [3.63, 3.8) is 0 Å². The standard InChI is InChI=1S/C23H21Br2N3O5/c1-12-18(24)19(25)20(27-12)22(30)28-17-8-7-15(33-2)11-16(17)21(29)26-10-9-13-3-5-14(6-4-13)23(31)32/h3-8,11,27H,9-10H2,1-2H3,(H,26,29)(H,28,30)(H,31,32). The molecule has 10 heteroatoms. The Labute approximate surface area is 207 Å². The van der Waals surface area contributed by atoms with Crippen LogP contribution in [0.25, 0.3) is 0 Å². The molecule has 0 unspecified atom stereocenters. The zero-order valence-electron chi connectivity index (χ0n) is 17.8. The summed E-state index contributed by atoms with van der Waals surface area (Å²) < 4.78 is 6.57. The number of amides is 2. The number of ether oxygens (including phenoxy) is 1. The number of hydrogen-bond donors (Lipinski definition) is 4. The highest BCUT2D eigenvalue weighted by molar-refractivity contribution is 9.13. The molecule has 0 aliphatic rings. The van der Waals surface area contributed by atoms with Crippen LogP contribution >= 0.6 is 31.9 Å². The van der Waals surface area contributed by atoms with E-state index in [0.717, 1.165) is 15.7 Å². The second-order valence-electron chi connectivity index (χ2n) is 7.13. The molecule has 0 fully saturated rings. The van der Waals surface area contributed by atoms with Crippen LogP contribution in [0.3, 0.4) is 0 Å². The number of H-pyrrole nitrogens is 1. The number of aromatic amines is 1. The van der Waals surface area contributed by atoms with E-state index in [1.165, 1.54) is 19.2 Å². The van der Waals surface area contributed by atoms with Crippen molar-refractivity contribution >= 4 is 55.3 Å². The third kappa shape index (κ3) is 5.82. The van der Waals surface area contributed by atoms with Crippen molar-refractivity contribution < 1.29 is 24.2 Å². The number of anilines is 1. The van der Waals surface area contributed by atoms with Gasteiger partial charge in [0.25, 0.3) is 11.8 Å². The summed E-state index contributed by atoms with van der Waals surface area (Å²) in [6.45, 7) is 2.15. The molecule has 33 heavy (non-hydrogen) atoms. The second-order valence-corrected chi connectivity index (χ2v) is 8.71. The fraction of sp³-hybridized carbons (Fsp3) is 0.174. The highest BCUT2D eigenvalue weighted by Crippen LogP contribution is 2.31. The zero-order chi connectivity index (χ0) is 24.1. The van der Waals surface area contributed by atoms with Crippen molar-refractivity contribution in [2.24, 2.45) is 0 Å². The van der Waals surface area contributed by atoms with Crippen LogP contribution in [0.4, 0.5) is 5.69 Å². The number of aromatic nitrogens is 1. The smallest absolute Gasteiger partial charge is 0.335 e. The Balaban J connectivity index is 1.72. The summed E-state index contributed by atoms with van der Waals surface area (Å²) in [5, 5.41) is 14.6. The van der Waals surface area contributed by atoms with E-state index < -0.39 is 11.9 Å². The Hall–Kier alpha value is -3.11. The molecule has 4 N–H and O–H groups in total. The summed E-state index contributed by atoms with van der Waals surface area (Å²) in [7, 11) is 1.49. The number of hydrogen-bond acceptors (Lipinski definition) is 4. The lowest BCUT2D eigenvalue weighted by atomic mass is 10.1. The van der Waals surface area contributed by atoms with Crippen LogP contribution in [0.5, 0.6) is 5.75 Å². The SMILES string of the molecule is COc1ccc(NC(=O)c2[nH]c(C)c(Br)c2Br)c(C(=O)NCCc2ccc(C(=O)O)cc2)c1. The minimum absolute atomic E-state index is 0.204. The molecule has 0 spiro atoms. The average Bonchev–Trinajstić information content (AvgIpc) is 3.06. The predicted octanol–water partition coefficient (Wildman–Crippen LogP) is 4.78. The van der Waals surface area contributed by atoms with Gasteiger partial charge in [0.15, 0.2) is 0 Å². The summed E-state index contributed by atoms with van der Waals surface area (Å²) in [6, 6.07) is 11.3. The normalized spacial score (nSPS) is 10.5. The average molecular weight is 579 g/mol. The first-order valence-corrected chi connectivity index (χ1v) is 11.4. The van der Waals surface area contributed by atoms with E-state index in [-0.39, 0.29) is 17.0 Å². The molecule has 0 aliphatic heterocycles. The first kappa shape index (κ1) is 24.5. The molecule has 0 atom stereocenters. The molecule has 0 aliphatic carbocycles. The molecule has 2 amide bonds. The van der Waals surface area contributed by atoms with E-state index in [0.29, 0.717) is 34.6 Å². The van der Waals surface area contributed by atoms with Gasteiger partial charge in [0.1, 0.15) is 11.4 Å². The van der Waals surface area contributed by atoms with Crippen molar-refractivity contribution in [3.8, 4) is 5.75 Å². The molecule has 1 heterocycles. The molecular weight excluding hydrogens is 558 g/mol. The quantitative estimate of drug-likeness (QED) is 0.306. The Morgan fingerprint density at radius 2 is 1.73 bits per heavy atom. The maximum atomic E-state index is 12.9. The van der Waals surface area contributed by atoms with Gasteiger partial charge in [-0.05, 0) is 81.1 Å². The second kappa shape index (κ2) is 10.7. The van der Waals surface area contributed by atoms with Crippen LogP contribution in [0.2, 0.25) is 0 Å². The first-order chi connectivity index (χ1) is 15.7. The number of rotatable bonds is 8. The Morgan fingerprint density at radius 3 is 2.30 bits per heavy atom. The Morgan fingerprint density at radius 1 is 1.03 bits per heavy atom. The number of carboxylic acid groups (broad SMARTS) is 1. The number of nitrogens with one attached hydrogen (secondary N) is 3. The third-order valence-corrected chi connectivity index (χ3v) is 7.22. The topological polar surface area (TPSA) is 121 Å². The highest BCUT2D eigenvalue weighted by atomic mass is 79.9. The summed E-state index contributed by atoms with van der Waals surface area (Å²) in [5.41, 5.74) is 2.79. The van der Waals surface area contributed by atoms with Gasteiger partial charge >= 0.3 is 5.97 Å². The number of aryl methyl sites for hydroxylation is 1. The Bertz CT molecular complexity index is 1210. The van der Waals surface area contributed by atoms with Gasteiger partial charge in [-0.3, -0.25) is 9.59 Å². The molecule has 3 aromatic rings. The van der Waals surface area contributed by atoms with Crippen LogP contribution in [-0.4, -0.2) is 41.5 Å². The number of halogens is 2. The van der Waals surface area contributed by atoms with E-state index in [2.05, 4.69) is 47.5 Å². The lowest BCUT2D eigenvalue weighted by Crippen LogP contribution is -2.27. The maximum absolute atomic E-state index is 12.9. The van der Waals surface area contributed by atoms with Crippen molar-refractivity contribution in [2.45, 2.75) is 13.3 Å². The van der Waals surface area contributed by atoms with Crippen molar-refractivity contribution in [1.82, 2.24) is 10.3 Å². The fourth-order valence-corrected chi connectivity index (χ4v) is 3.96. The highest BCUT2D eigenvalue weighted by Gasteiger charge is 2.20. The van der Waals surface area contributed by atoms with Gasteiger partial charge in [0, 0.05) is 12.2 Å². The van der Waals surface area contributed by atoms with Gasteiger partial charge in [-0.25, -0.2) is 4.79 Å². The largest absolute Gasteiger partial charge is 0.497 e. The number of carbonyl (C=O) groups excluding carboxylic acids is 2. The molecule has 2 aromatic carbocycles. The fourth-order valence-electron chi connectivity index (χ4n) is 3.09. The molecule has 8 nitrogen and oxygen atoms in total. The van der Waals surface area contributed by atoms with Gasteiger partial charge in [-0.15, -0.1) is 0 Å². The molecule has 172 valence electrons. The minimum Gasteiger partial charge on any atom is -0.497 e. The lowest BCUT2D eigenvalue weighted by Gasteiger charge is -2.13. The zero-order valence-corrected chi connectivity index (χ0v) is 21.0. The summed E-state index contributed by atoms with van der Waals surface area (Å²) >= 11 is 6.78. The van der Waals surface area contributed by atoms with Crippen LogP contribution in [0, 0.1) is 6.92 Å². The lowest BCUT2D eigenvalue weighted by molar-refractivity contribution is 0.0696. The van der Waals surface area contributed by atoms with E-state index >= 15 is 0 Å². The Kier molecular flexibility index (Phi) is 7.93. The maximum Gasteiger partial charge on any atom is 0.335 e. The van der Waals surface area contributed by atoms with Crippen molar-refractivity contribution in [2.75, 3.05) is 19.0 Å².